The highest BCUT2D eigenvalue weighted by Gasteiger charge is 2.28. The minimum Gasteiger partial charge on any atom is -0.306 e. The highest BCUT2D eigenvalue weighted by Crippen LogP contribution is 2.32. The van der Waals surface area contributed by atoms with Crippen LogP contribution in [0.25, 0.3) is 0 Å². The van der Waals surface area contributed by atoms with Crippen LogP contribution in [-0.4, -0.2) is 31.1 Å². The zero-order valence-electron chi connectivity index (χ0n) is 10.4. The maximum Gasteiger partial charge on any atom is 0.235 e. The molecule has 90 valence electrons. The van der Waals surface area contributed by atoms with E-state index in [2.05, 4.69) is 48.1 Å². The minimum absolute atomic E-state index is 0.0296. The van der Waals surface area contributed by atoms with Crippen molar-refractivity contribution in [2.24, 2.45) is 10.9 Å². The van der Waals surface area contributed by atoms with Crippen molar-refractivity contribution in [1.82, 2.24) is 4.90 Å². The van der Waals surface area contributed by atoms with Gasteiger partial charge in [-0.1, -0.05) is 29.8 Å². The lowest BCUT2D eigenvalue weighted by Crippen LogP contribution is -2.17. The zero-order valence-corrected chi connectivity index (χ0v) is 10.4. The van der Waals surface area contributed by atoms with E-state index in [0.29, 0.717) is 5.92 Å². The molecule has 0 radical (unpaired) electrons. The molecule has 0 bridgehead atoms. The van der Waals surface area contributed by atoms with Gasteiger partial charge in [0.2, 0.25) is 6.08 Å². The molecule has 2 unspecified atom stereocenters. The molecule has 1 saturated heterocycles. The molecule has 0 spiro atoms. The van der Waals surface area contributed by atoms with Crippen molar-refractivity contribution in [3.8, 4) is 0 Å². The van der Waals surface area contributed by atoms with Crippen LogP contribution in [0.1, 0.15) is 23.6 Å². The number of aliphatic imine (C=N–C) groups is 1. The van der Waals surface area contributed by atoms with Crippen LogP contribution in [0.15, 0.2) is 29.3 Å². The van der Waals surface area contributed by atoms with E-state index in [9.17, 15) is 4.79 Å². The third kappa shape index (κ3) is 2.82. The van der Waals surface area contributed by atoms with Crippen LogP contribution < -0.4 is 0 Å². The molecule has 1 heterocycles. The van der Waals surface area contributed by atoms with E-state index < -0.39 is 0 Å². The fourth-order valence-electron chi connectivity index (χ4n) is 2.50. The van der Waals surface area contributed by atoms with Crippen molar-refractivity contribution < 1.29 is 4.79 Å². The van der Waals surface area contributed by atoms with Crippen LogP contribution in [0, 0.1) is 12.8 Å². The summed E-state index contributed by atoms with van der Waals surface area (Å²) in [5.41, 5.74) is 2.35. The Morgan fingerprint density at radius 1 is 1.41 bits per heavy atom. The molecule has 1 fully saturated rings. The number of hydrogen-bond acceptors (Lipinski definition) is 3. The van der Waals surface area contributed by atoms with E-state index in [0.717, 1.165) is 25.1 Å². The first-order valence-electron chi connectivity index (χ1n) is 6.03. The first-order valence-corrected chi connectivity index (χ1v) is 6.03. The maximum atomic E-state index is 10.6. The maximum absolute atomic E-state index is 10.6. The molecule has 0 saturated carbocycles. The summed E-state index contributed by atoms with van der Waals surface area (Å²) in [5, 5.41) is 0. The fourth-order valence-corrected chi connectivity index (χ4v) is 2.50. The molecule has 3 heteroatoms. The molecule has 0 aromatic heterocycles. The number of isocyanates is 1. The monoisotopic (exact) mass is 230 g/mol. The van der Waals surface area contributed by atoms with Gasteiger partial charge in [-0.05, 0) is 32.5 Å². The Hall–Kier alpha value is -1.44. The highest BCUT2D eigenvalue weighted by molar-refractivity contribution is 5.36. The largest absolute Gasteiger partial charge is 0.306 e. The molecule has 17 heavy (non-hydrogen) atoms. The van der Waals surface area contributed by atoms with Gasteiger partial charge in [-0.2, -0.15) is 4.99 Å². The molecule has 1 aromatic carbocycles. The summed E-state index contributed by atoms with van der Waals surface area (Å²) in [6, 6.07) is 8.25. The first kappa shape index (κ1) is 12.0. The van der Waals surface area contributed by atoms with Gasteiger partial charge in [-0.3, -0.25) is 0 Å². The highest BCUT2D eigenvalue weighted by atomic mass is 16.1. The lowest BCUT2D eigenvalue weighted by molar-refractivity contribution is 0.372. The zero-order chi connectivity index (χ0) is 12.3. The third-order valence-electron chi connectivity index (χ3n) is 3.48. The third-order valence-corrected chi connectivity index (χ3v) is 3.48. The average Bonchev–Trinajstić information content (AvgIpc) is 2.74. The van der Waals surface area contributed by atoms with Crippen molar-refractivity contribution in [1.29, 1.82) is 0 Å². The minimum atomic E-state index is -0.0296. The van der Waals surface area contributed by atoms with Gasteiger partial charge in [0.1, 0.15) is 0 Å². The Balaban J connectivity index is 2.22. The fraction of sp³-hybridized carbons (Fsp3) is 0.500. The van der Waals surface area contributed by atoms with E-state index >= 15 is 0 Å². The number of benzene rings is 1. The van der Waals surface area contributed by atoms with E-state index in [4.69, 9.17) is 0 Å². The van der Waals surface area contributed by atoms with E-state index in [1.807, 2.05) is 0 Å². The summed E-state index contributed by atoms with van der Waals surface area (Å²) in [6.45, 7) is 4.15. The standard InChI is InChI=1S/C14H18N2O/c1-11-3-5-12(6-4-11)14(15-10-17)13-7-8-16(2)9-13/h3-6,13-14H,7-9H2,1-2H3. The molecule has 0 N–H and O–H groups in total. The molecule has 1 aliphatic heterocycles. The predicted molar refractivity (Wildman–Crippen MR) is 67.6 cm³/mol. The first-order chi connectivity index (χ1) is 8.20. The summed E-state index contributed by atoms with van der Waals surface area (Å²) in [5.74, 6) is 0.434. The number of hydrogen-bond donors (Lipinski definition) is 0. The van der Waals surface area contributed by atoms with Gasteiger partial charge in [0.25, 0.3) is 0 Å². The smallest absolute Gasteiger partial charge is 0.235 e. The molecular weight excluding hydrogens is 212 g/mol. The molecule has 2 atom stereocenters. The van der Waals surface area contributed by atoms with Crippen LogP contribution >= 0.6 is 0 Å². The molecule has 1 aromatic rings. The van der Waals surface area contributed by atoms with Gasteiger partial charge in [0, 0.05) is 12.5 Å². The van der Waals surface area contributed by atoms with Gasteiger partial charge >= 0.3 is 0 Å². The van der Waals surface area contributed by atoms with Crippen LogP contribution in [0.4, 0.5) is 0 Å². The number of aryl methyl sites for hydroxylation is 1. The summed E-state index contributed by atoms with van der Waals surface area (Å²) in [7, 11) is 2.11. The van der Waals surface area contributed by atoms with Crippen molar-refractivity contribution in [3.63, 3.8) is 0 Å². The SMILES string of the molecule is Cc1ccc(C(N=C=O)C2CCN(C)C2)cc1. The number of rotatable bonds is 3. The van der Waals surface area contributed by atoms with Gasteiger partial charge in [0.05, 0.1) is 6.04 Å². The van der Waals surface area contributed by atoms with Crippen LogP contribution in [0.3, 0.4) is 0 Å². The second-order valence-electron chi connectivity index (χ2n) is 4.89. The second-order valence-corrected chi connectivity index (χ2v) is 4.89. The Kier molecular flexibility index (Phi) is 3.72. The molecule has 0 aliphatic carbocycles. The normalized spacial score (nSPS) is 22.1. The number of nitrogens with zero attached hydrogens (tertiary/aromatic N) is 2. The lowest BCUT2D eigenvalue weighted by atomic mass is 9.92. The molecule has 2 rings (SSSR count). The van der Waals surface area contributed by atoms with E-state index in [-0.39, 0.29) is 6.04 Å². The Morgan fingerprint density at radius 2 is 2.12 bits per heavy atom. The number of likely N-dealkylation sites (tertiary alicyclic amines) is 1. The van der Waals surface area contributed by atoms with Crippen molar-refractivity contribution in [2.45, 2.75) is 19.4 Å². The molecule has 0 amide bonds. The lowest BCUT2D eigenvalue weighted by Gasteiger charge is -2.18. The summed E-state index contributed by atoms with van der Waals surface area (Å²) in [6.07, 6.45) is 2.83. The van der Waals surface area contributed by atoms with Gasteiger partial charge in [-0.15, -0.1) is 0 Å². The van der Waals surface area contributed by atoms with Crippen LogP contribution in [0.5, 0.6) is 0 Å². The summed E-state index contributed by atoms with van der Waals surface area (Å²) in [4.78, 5) is 16.9. The van der Waals surface area contributed by atoms with Gasteiger partial charge in [0.15, 0.2) is 0 Å². The van der Waals surface area contributed by atoms with Crippen molar-refractivity contribution in [3.05, 3.63) is 35.4 Å². The Bertz CT molecular complexity index is 420. The average molecular weight is 230 g/mol. The van der Waals surface area contributed by atoms with Crippen molar-refractivity contribution in [2.75, 3.05) is 20.1 Å². The van der Waals surface area contributed by atoms with Crippen molar-refractivity contribution >= 4 is 6.08 Å². The molecule has 1 aliphatic rings. The van der Waals surface area contributed by atoms with Gasteiger partial charge < -0.3 is 4.90 Å². The summed E-state index contributed by atoms with van der Waals surface area (Å²) >= 11 is 0. The molecule has 3 nitrogen and oxygen atoms in total. The topological polar surface area (TPSA) is 32.7 Å². The number of carbonyl (C=O) groups excluding carboxylic acids is 1. The second kappa shape index (κ2) is 5.26. The van der Waals surface area contributed by atoms with Gasteiger partial charge in [-0.25, -0.2) is 4.79 Å². The quantitative estimate of drug-likeness (QED) is 0.589. The van der Waals surface area contributed by atoms with E-state index in [1.54, 1.807) is 6.08 Å². The Labute approximate surface area is 102 Å². The Morgan fingerprint density at radius 3 is 2.65 bits per heavy atom. The van der Waals surface area contributed by atoms with E-state index in [1.165, 1.54) is 5.56 Å². The predicted octanol–water partition coefficient (Wildman–Crippen LogP) is 2.32. The van der Waals surface area contributed by atoms with Crippen LogP contribution in [0.2, 0.25) is 0 Å². The summed E-state index contributed by atoms with van der Waals surface area (Å²) < 4.78 is 0. The molecular formula is C14H18N2O. The van der Waals surface area contributed by atoms with Crippen LogP contribution in [-0.2, 0) is 4.79 Å².